The van der Waals surface area contributed by atoms with Gasteiger partial charge in [-0.25, -0.2) is 0 Å². The Kier molecular flexibility index (Phi) is 15.7. The molecular formula is C13H29ClO3P+. The molecule has 0 unspecified atom stereocenters. The van der Waals surface area contributed by atoms with E-state index in [4.69, 9.17) is 26.0 Å². The van der Waals surface area contributed by atoms with E-state index in [2.05, 4.69) is 20.8 Å². The lowest BCUT2D eigenvalue weighted by atomic mass is 9.90. The molecule has 0 heterocycles. The summed E-state index contributed by atoms with van der Waals surface area (Å²) in [6.07, 6.45) is 11.3. The first kappa shape index (κ1) is 20.6. The summed E-state index contributed by atoms with van der Waals surface area (Å²) in [4.78, 5) is 14.4. The van der Waals surface area contributed by atoms with Crippen LogP contribution in [0.25, 0.3) is 0 Å². The van der Waals surface area contributed by atoms with Crippen molar-refractivity contribution in [1.82, 2.24) is 0 Å². The van der Waals surface area contributed by atoms with E-state index in [9.17, 15) is 0 Å². The van der Waals surface area contributed by atoms with Gasteiger partial charge < -0.3 is 0 Å². The van der Waals surface area contributed by atoms with Crippen LogP contribution in [0.1, 0.15) is 78.6 Å². The van der Waals surface area contributed by atoms with E-state index in [0.29, 0.717) is 0 Å². The second-order valence-electron chi connectivity index (χ2n) is 4.71. The fraction of sp³-hybridized carbons (Fsp3) is 1.00. The summed E-state index contributed by atoms with van der Waals surface area (Å²) < 4.78 is 8.70. The highest BCUT2D eigenvalue weighted by atomic mass is 35.5. The van der Waals surface area contributed by atoms with Crippen LogP contribution in [0.4, 0.5) is 0 Å². The van der Waals surface area contributed by atoms with E-state index >= 15 is 0 Å². The van der Waals surface area contributed by atoms with Crippen LogP contribution >= 0.6 is 19.9 Å². The molecule has 0 aromatic heterocycles. The molecule has 0 radical (unpaired) electrons. The Hall–Kier alpha value is 0.310. The Labute approximate surface area is 118 Å². The van der Waals surface area contributed by atoms with Gasteiger partial charge in [0, 0.05) is 9.44 Å². The van der Waals surface area contributed by atoms with Crippen molar-refractivity contribution in [3.63, 3.8) is 0 Å². The lowest BCUT2D eigenvalue weighted by Gasteiger charge is -2.27. The molecule has 0 bridgehead atoms. The van der Waals surface area contributed by atoms with Crippen LogP contribution in [0, 0.1) is 0 Å². The van der Waals surface area contributed by atoms with Gasteiger partial charge in [0.25, 0.3) is 0 Å². The van der Waals surface area contributed by atoms with Crippen molar-refractivity contribution in [2.75, 3.05) is 0 Å². The highest BCUT2D eigenvalue weighted by Gasteiger charge is 2.24. The minimum Gasteiger partial charge on any atom is -0.134 e. The van der Waals surface area contributed by atoms with Gasteiger partial charge >= 0.3 is 8.25 Å². The predicted molar refractivity (Wildman–Crippen MR) is 79.2 cm³/mol. The molecule has 0 aliphatic rings. The smallest absolute Gasteiger partial charge is 0.134 e. The van der Waals surface area contributed by atoms with E-state index < -0.39 is 8.25 Å². The standard InChI is InChI=1S/C13H27Cl.HO3P/c1-4-7-10-13(14,11-8-5-2)12-9-6-3;1-4(2)3/h4-12H2,1-3H3;(H-,1,2,3)/p+1. The van der Waals surface area contributed by atoms with Crippen molar-refractivity contribution in [2.24, 2.45) is 0 Å². The van der Waals surface area contributed by atoms with Gasteiger partial charge in [0.15, 0.2) is 0 Å². The van der Waals surface area contributed by atoms with Crippen molar-refractivity contribution in [1.29, 1.82) is 0 Å². The average molecular weight is 300 g/mol. The summed E-state index contributed by atoms with van der Waals surface area (Å²) in [6.45, 7) is 6.74. The Morgan fingerprint density at radius 1 is 0.889 bits per heavy atom. The summed E-state index contributed by atoms with van der Waals surface area (Å²) in [5, 5.41) is 0. The number of halogens is 1. The molecule has 0 saturated carbocycles. The van der Waals surface area contributed by atoms with E-state index in [1.807, 2.05) is 0 Å². The third-order valence-corrected chi connectivity index (χ3v) is 3.50. The molecule has 5 heteroatoms. The number of unbranched alkanes of at least 4 members (excludes halogenated alkanes) is 3. The Morgan fingerprint density at radius 2 is 1.11 bits per heavy atom. The van der Waals surface area contributed by atoms with E-state index in [0.717, 1.165) is 0 Å². The maximum atomic E-state index is 8.70. The van der Waals surface area contributed by atoms with Gasteiger partial charge in [-0.05, 0) is 19.3 Å². The minimum atomic E-state index is -2.87. The second-order valence-corrected chi connectivity index (χ2v) is 6.02. The fourth-order valence-corrected chi connectivity index (χ4v) is 2.26. The van der Waals surface area contributed by atoms with Gasteiger partial charge in [-0.3, -0.25) is 0 Å². The molecule has 0 aromatic carbocycles. The van der Waals surface area contributed by atoms with Crippen molar-refractivity contribution in [3.05, 3.63) is 0 Å². The van der Waals surface area contributed by atoms with Crippen LogP contribution in [0.3, 0.4) is 0 Å². The topological polar surface area (TPSA) is 57.5 Å². The number of rotatable bonds is 9. The quantitative estimate of drug-likeness (QED) is 0.456. The number of hydrogen-bond donors (Lipinski definition) is 2. The van der Waals surface area contributed by atoms with Crippen molar-refractivity contribution < 1.29 is 14.4 Å². The van der Waals surface area contributed by atoms with Crippen LogP contribution in [0.15, 0.2) is 0 Å². The minimum absolute atomic E-state index is 0.127. The van der Waals surface area contributed by atoms with E-state index in [1.165, 1.54) is 57.8 Å². The second kappa shape index (κ2) is 13.7. The van der Waals surface area contributed by atoms with Crippen molar-refractivity contribution >= 4 is 19.9 Å². The average Bonchev–Trinajstić information content (AvgIpc) is 2.31. The van der Waals surface area contributed by atoms with Gasteiger partial charge in [-0.1, -0.05) is 59.3 Å². The third-order valence-electron chi connectivity index (χ3n) is 2.94. The molecule has 0 aromatic rings. The summed E-state index contributed by atoms with van der Waals surface area (Å²) in [6, 6.07) is 0. The highest BCUT2D eigenvalue weighted by Crippen LogP contribution is 2.33. The van der Waals surface area contributed by atoms with Crippen LogP contribution in [-0.2, 0) is 4.57 Å². The summed E-state index contributed by atoms with van der Waals surface area (Å²) in [7, 11) is -2.87. The molecule has 3 nitrogen and oxygen atoms in total. The molecule has 18 heavy (non-hydrogen) atoms. The van der Waals surface area contributed by atoms with Gasteiger partial charge in [0.2, 0.25) is 0 Å². The molecule has 2 N–H and O–H groups in total. The van der Waals surface area contributed by atoms with Gasteiger partial charge in [0.1, 0.15) is 0 Å². The molecule has 0 atom stereocenters. The monoisotopic (exact) mass is 299 g/mol. The zero-order valence-electron chi connectivity index (χ0n) is 12.0. The maximum Gasteiger partial charge on any atom is 0.692 e. The molecule has 0 rings (SSSR count). The molecule has 0 aliphatic carbocycles. The van der Waals surface area contributed by atoms with Crippen molar-refractivity contribution in [3.8, 4) is 0 Å². The summed E-state index contributed by atoms with van der Waals surface area (Å²) in [5.74, 6) is 0. The fourth-order valence-electron chi connectivity index (χ4n) is 1.86. The molecule has 0 fully saturated rings. The predicted octanol–water partition coefficient (Wildman–Crippen LogP) is 5.16. The Morgan fingerprint density at radius 3 is 1.28 bits per heavy atom. The van der Waals surface area contributed by atoms with Crippen LogP contribution in [0.5, 0.6) is 0 Å². The zero-order valence-corrected chi connectivity index (χ0v) is 13.6. The zero-order chi connectivity index (χ0) is 14.4. The first-order valence-electron chi connectivity index (χ1n) is 6.95. The van der Waals surface area contributed by atoms with E-state index in [-0.39, 0.29) is 4.87 Å². The maximum absolute atomic E-state index is 8.70. The lowest BCUT2D eigenvalue weighted by Crippen LogP contribution is -2.21. The summed E-state index contributed by atoms with van der Waals surface area (Å²) in [5.41, 5.74) is 0. The molecule has 0 amide bonds. The van der Waals surface area contributed by atoms with Crippen LogP contribution < -0.4 is 0 Å². The van der Waals surface area contributed by atoms with Gasteiger partial charge in [-0.15, -0.1) is 21.4 Å². The molecule has 0 saturated heterocycles. The van der Waals surface area contributed by atoms with Crippen LogP contribution in [0.2, 0.25) is 0 Å². The molecule has 110 valence electrons. The van der Waals surface area contributed by atoms with E-state index in [1.54, 1.807) is 0 Å². The summed E-state index contributed by atoms with van der Waals surface area (Å²) >= 11 is 6.68. The first-order chi connectivity index (χ1) is 8.41. The van der Waals surface area contributed by atoms with Crippen molar-refractivity contribution in [2.45, 2.75) is 83.4 Å². The Balaban J connectivity index is 0. The highest BCUT2D eigenvalue weighted by molar-refractivity contribution is 7.30. The normalized spacial score (nSPS) is 10.8. The number of hydrogen-bond acceptors (Lipinski definition) is 1. The molecule has 0 spiro atoms. The SMILES string of the molecule is CCCCC(Cl)(CCCC)CCCC.O=[P+](O)O. The third kappa shape index (κ3) is 16.3. The Bertz CT molecular complexity index is 175. The molecular weight excluding hydrogens is 271 g/mol. The van der Waals surface area contributed by atoms with Gasteiger partial charge in [0.05, 0.1) is 0 Å². The van der Waals surface area contributed by atoms with Crippen LogP contribution in [-0.4, -0.2) is 14.7 Å². The lowest BCUT2D eigenvalue weighted by molar-refractivity contribution is 0.405. The van der Waals surface area contributed by atoms with Gasteiger partial charge in [-0.2, -0.15) is 0 Å². The first-order valence-corrected chi connectivity index (χ1v) is 8.50. The number of alkyl halides is 1. The largest absolute Gasteiger partial charge is 0.692 e. The molecule has 0 aliphatic heterocycles.